The number of anilines is 2. The number of amides is 3. The first-order chi connectivity index (χ1) is 20.3. The van der Waals surface area contributed by atoms with Crippen molar-refractivity contribution < 1.29 is 23.9 Å². The number of methoxy groups -OCH3 is 2. The molecule has 0 atom stereocenters. The number of rotatable bonds is 11. The Morgan fingerprint density at radius 1 is 0.810 bits per heavy atom. The molecule has 0 fully saturated rings. The van der Waals surface area contributed by atoms with Crippen molar-refractivity contribution in [1.29, 1.82) is 0 Å². The number of nitrogens with one attached hydrogen (secondary N) is 3. The first-order valence-electron chi connectivity index (χ1n) is 12.7. The van der Waals surface area contributed by atoms with E-state index in [0.29, 0.717) is 39.0 Å². The van der Waals surface area contributed by atoms with Crippen LogP contribution in [0.4, 0.5) is 11.4 Å². The van der Waals surface area contributed by atoms with Crippen molar-refractivity contribution >= 4 is 58.5 Å². The third kappa shape index (κ3) is 8.63. The summed E-state index contributed by atoms with van der Waals surface area (Å²) in [6, 6.07) is 27.7. The largest absolute Gasteiger partial charge is 0.497 e. The van der Waals surface area contributed by atoms with Crippen molar-refractivity contribution in [3.05, 3.63) is 119 Å². The molecule has 0 saturated heterocycles. The summed E-state index contributed by atoms with van der Waals surface area (Å²) in [5, 5.41) is 8.96. The first-order valence-corrected chi connectivity index (χ1v) is 14.1. The number of hydrogen-bond donors (Lipinski definition) is 3. The van der Waals surface area contributed by atoms with E-state index in [0.717, 1.165) is 4.90 Å². The quantitative estimate of drug-likeness (QED) is 0.134. The SMILES string of the molecule is COc1ccc(/C=C(/NC(=O)c2ccccc2)C(=O)Nc2cccc(SCC(=O)Nc3ccc(Cl)cc3)c2)c(OC)c1. The summed E-state index contributed by atoms with van der Waals surface area (Å²) in [6.45, 7) is 0. The summed E-state index contributed by atoms with van der Waals surface area (Å²) in [5.41, 5.74) is 2.11. The molecule has 0 aliphatic rings. The topological polar surface area (TPSA) is 106 Å². The van der Waals surface area contributed by atoms with Crippen LogP contribution in [-0.4, -0.2) is 37.7 Å². The average Bonchev–Trinajstić information content (AvgIpc) is 3.01. The van der Waals surface area contributed by atoms with Crippen LogP contribution in [0.1, 0.15) is 15.9 Å². The molecule has 0 spiro atoms. The predicted octanol–water partition coefficient (Wildman–Crippen LogP) is 6.50. The molecule has 0 unspecified atom stereocenters. The Balaban J connectivity index is 1.50. The van der Waals surface area contributed by atoms with Gasteiger partial charge in [-0.2, -0.15) is 0 Å². The highest BCUT2D eigenvalue weighted by Gasteiger charge is 2.17. The fourth-order valence-electron chi connectivity index (χ4n) is 3.78. The third-order valence-corrected chi connectivity index (χ3v) is 7.10. The van der Waals surface area contributed by atoms with Gasteiger partial charge in [0.15, 0.2) is 0 Å². The summed E-state index contributed by atoms with van der Waals surface area (Å²) in [6.07, 6.45) is 1.54. The number of carbonyl (C=O) groups is 3. The number of ether oxygens (including phenoxy) is 2. The van der Waals surface area contributed by atoms with Crippen LogP contribution in [0.2, 0.25) is 5.02 Å². The lowest BCUT2D eigenvalue weighted by atomic mass is 10.1. The third-order valence-electron chi connectivity index (χ3n) is 5.86. The second kappa shape index (κ2) is 14.8. The summed E-state index contributed by atoms with van der Waals surface area (Å²) in [4.78, 5) is 39.6. The van der Waals surface area contributed by atoms with Crippen LogP contribution in [0.25, 0.3) is 6.08 Å². The van der Waals surface area contributed by atoms with Crippen LogP contribution in [-0.2, 0) is 9.59 Å². The molecule has 4 aromatic rings. The summed E-state index contributed by atoms with van der Waals surface area (Å²) < 4.78 is 10.7. The molecule has 0 bridgehead atoms. The molecule has 4 aromatic carbocycles. The van der Waals surface area contributed by atoms with E-state index in [1.54, 1.807) is 98.1 Å². The number of thioether (sulfide) groups is 1. The lowest BCUT2D eigenvalue weighted by molar-refractivity contribution is -0.114. The Morgan fingerprint density at radius 2 is 1.57 bits per heavy atom. The van der Waals surface area contributed by atoms with Crippen molar-refractivity contribution in [2.75, 3.05) is 30.6 Å². The van der Waals surface area contributed by atoms with Crippen LogP contribution in [0.5, 0.6) is 11.5 Å². The van der Waals surface area contributed by atoms with E-state index >= 15 is 0 Å². The molecular formula is C32H28ClN3O5S. The fraction of sp³-hybridized carbons (Fsp3) is 0.0938. The number of carbonyl (C=O) groups excluding carboxylic acids is 3. The van der Waals surface area contributed by atoms with Gasteiger partial charge >= 0.3 is 0 Å². The lowest BCUT2D eigenvalue weighted by Crippen LogP contribution is -2.30. The zero-order chi connectivity index (χ0) is 29.9. The van der Waals surface area contributed by atoms with Gasteiger partial charge in [0.2, 0.25) is 5.91 Å². The maximum absolute atomic E-state index is 13.5. The highest BCUT2D eigenvalue weighted by molar-refractivity contribution is 8.00. The van der Waals surface area contributed by atoms with Gasteiger partial charge in [0.25, 0.3) is 11.8 Å². The van der Waals surface area contributed by atoms with Gasteiger partial charge in [-0.25, -0.2) is 0 Å². The molecule has 0 aliphatic carbocycles. The Bertz CT molecular complexity index is 1590. The molecule has 0 heterocycles. The van der Waals surface area contributed by atoms with E-state index in [1.165, 1.54) is 24.9 Å². The number of hydrogen-bond acceptors (Lipinski definition) is 6. The summed E-state index contributed by atoms with van der Waals surface area (Å²) >= 11 is 7.21. The summed E-state index contributed by atoms with van der Waals surface area (Å²) in [7, 11) is 3.05. The fourth-order valence-corrected chi connectivity index (χ4v) is 4.66. The van der Waals surface area contributed by atoms with Gasteiger partial charge in [-0.15, -0.1) is 11.8 Å². The van der Waals surface area contributed by atoms with Crippen molar-refractivity contribution in [2.45, 2.75) is 4.90 Å². The van der Waals surface area contributed by atoms with Gasteiger partial charge in [-0.1, -0.05) is 35.9 Å². The van der Waals surface area contributed by atoms with Gasteiger partial charge in [0.05, 0.1) is 20.0 Å². The highest BCUT2D eigenvalue weighted by Crippen LogP contribution is 2.27. The van der Waals surface area contributed by atoms with E-state index in [1.807, 2.05) is 6.07 Å². The van der Waals surface area contributed by atoms with Gasteiger partial charge in [0, 0.05) is 38.5 Å². The van der Waals surface area contributed by atoms with Gasteiger partial charge in [0.1, 0.15) is 17.2 Å². The monoisotopic (exact) mass is 601 g/mol. The minimum atomic E-state index is -0.542. The van der Waals surface area contributed by atoms with Crippen LogP contribution < -0.4 is 25.4 Å². The average molecular weight is 602 g/mol. The van der Waals surface area contributed by atoms with E-state index in [2.05, 4.69) is 16.0 Å². The molecule has 0 aromatic heterocycles. The maximum atomic E-state index is 13.5. The van der Waals surface area contributed by atoms with Gasteiger partial charge in [-0.3, -0.25) is 14.4 Å². The Morgan fingerprint density at radius 3 is 2.29 bits per heavy atom. The minimum absolute atomic E-state index is 0.00715. The molecular weight excluding hydrogens is 574 g/mol. The zero-order valence-electron chi connectivity index (χ0n) is 22.8. The first kappa shape index (κ1) is 30.2. The second-order valence-electron chi connectivity index (χ2n) is 8.81. The Hall–Kier alpha value is -4.73. The zero-order valence-corrected chi connectivity index (χ0v) is 24.4. The minimum Gasteiger partial charge on any atom is -0.497 e. The van der Waals surface area contributed by atoms with E-state index in [9.17, 15) is 14.4 Å². The van der Waals surface area contributed by atoms with E-state index < -0.39 is 11.8 Å². The van der Waals surface area contributed by atoms with Crippen LogP contribution in [0.15, 0.2) is 108 Å². The smallest absolute Gasteiger partial charge is 0.272 e. The molecule has 42 heavy (non-hydrogen) atoms. The Kier molecular flexibility index (Phi) is 10.6. The predicted molar refractivity (Wildman–Crippen MR) is 167 cm³/mol. The molecule has 0 saturated carbocycles. The van der Waals surface area contributed by atoms with Gasteiger partial charge < -0.3 is 25.4 Å². The molecule has 3 amide bonds. The Labute approximate surface area is 253 Å². The molecule has 214 valence electrons. The molecule has 10 heteroatoms. The van der Waals surface area contributed by atoms with Crippen LogP contribution in [0, 0.1) is 0 Å². The molecule has 4 rings (SSSR count). The van der Waals surface area contributed by atoms with Crippen molar-refractivity contribution in [1.82, 2.24) is 5.32 Å². The molecule has 8 nitrogen and oxygen atoms in total. The van der Waals surface area contributed by atoms with E-state index in [-0.39, 0.29) is 17.4 Å². The van der Waals surface area contributed by atoms with Crippen molar-refractivity contribution in [3.8, 4) is 11.5 Å². The molecule has 3 N–H and O–H groups in total. The number of benzene rings is 4. The highest BCUT2D eigenvalue weighted by atomic mass is 35.5. The second-order valence-corrected chi connectivity index (χ2v) is 10.3. The standard InChI is InChI=1S/C32H28ClN3O5S/c1-40-26-16-11-22(29(19-26)41-2)17-28(36-31(38)21-7-4-3-5-8-21)32(39)35-25-9-6-10-27(18-25)42-20-30(37)34-24-14-12-23(33)13-15-24/h3-19H,20H2,1-2H3,(H,34,37)(H,35,39)(H,36,38)/b28-17+. The van der Waals surface area contributed by atoms with E-state index in [4.69, 9.17) is 21.1 Å². The van der Waals surface area contributed by atoms with Gasteiger partial charge in [-0.05, 0) is 72.8 Å². The van der Waals surface area contributed by atoms with Crippen LogP contribution >= 0.6 is 23.4 Å². The lowest BCUT2D eigenvalue weighted by Gasteiger charge is -2.13. The molecule has 0 radical (unpaired) electrons. The number of halogens is 1. The maximum Gasteiger partial charge on any atom is 0.272 e. The summed E-state index contributed by atoms with van der Waals surface area (Å²) in [5.74, 6) is 0.0398. The van der Waals surface area contributed by atoms with Crippen LogP contribution in [0.3, 0.4) is 0 Å². The molecule has 0 aliphatic heterocycles. The van der Waals surface area contributed by atoms with Crippen molar-refractivity contribution in [3.63, 3.8) is 0 Å². The van der Waals surface area contributed by atoms with Crippen molar-refractivity contribution in [2.24, 2.45) is 0 Å². The normalized spacial score (nSPS) is 10.9.